The molecule has 0 spiro atoms. The Morgan fingerprint density at radius 3 is 2.54 bits per heavy atom. The molecule has 1 unspecified atom stereocenters. The second kappa shape index (κ2) is 8.14. The van der Waals surface area contributed by atoms with Crippen LogP contribution >= 0.6 is 11.8 Å². The van der Waals surface area contributed by atoms with E-state index in [1.165, 1.54) is 11.8 Å². The number of nitrogens with zero attached hydrogens (tertiary/aromatic N) is 5. The van der Waals surface area contributed by atoms with E-state index in [1.807, 2.05) is 83.4 Å². The lowest BCUT2D eigenvalue weighted by molar-refractivity contribution is 0.0835. The molecule has 7 rings (SSSR count). The predicted molar refractivity (Wildman–Crippen MR) is 130 cm³/mol. The SMILES string of the molecule is c1ccc(-n2c(Sc3ncnc4c3oc3ccccc34)nnc2C2COc3ccccc3O2)cc1. The van der Waals surface area contributed by atoms with E-state index in [0.29, 0.717) is 33.9 Å². The largest absolute Gasteiger partial charge is 0.485 e. The summed E-state index contributed by atoms with van der Waals surface area (Å²) in [5, 5.41) is 11.3. The van der Waals surface area contributed by atoms with Crippen molar-refractivity contribution in [2.24, 2.45) is 0 Å². The molecular weight excluding hydrogens is 462 g/mol. The zero-order chi connectivity index (χ0) is 23.2. The van der Waals surface area contributed by atoms with Crippen LogP contribution in [0.4, 0.5) is 0 Å². The number of hydrogen-bond donors (Lipinski definition) is 0. The fourth-order valence-electron chi connectivity index (χ4n) is 4.18. The van der Waals surface area contributed by atoms with Crippen molar-refractivity contribution < 1.29 is 13.9 Å². The van der Waals surface area contributed by atoms with Crippen LogP contribution in [-0.4, -0.2) is 31.3 Å². The summed E-state index contributed by atoms with van der Waals surface area (Å²) in [5.41, 5.74) is 3.06. The molecular formula is C26H17N5O3S. The standard InChI is InChI=1S/C26H17N5O3S/c1-2-8-16(9-3-1)31-24(21-14-32-19-12-6-7-13-20(19)33-21)29-30-26(31)35-25-23-22(27-15-28-25)17-10-4-5-11-18(17)34-23/h1-13,15,21H,14H2. The monoisotopic (exact) mass is 479 g/mol. The van der Waals surface area contributed by atoms with Crippen molar-refractivity contribution in [2.75, 3.05) is 6.61 Å². The first-order valence-corrected chi connectivity index (χ1v) is 11.9. The van der Waals surface area contributed by atoms with Crippen LogP contribution in [0.5, 0.6) is 11.5 Å². The van der Waals surface area contributed by atoms with Gasteiger partial charge in [-0.05, 0) is 48.2 Å². The highest BCUT2D eigenvalue weighted by atomic mass is 32.2. The molecule has 0 amide bonds. The normalized spacial score (nSPS) is 15.0. The maximum Gasteiger partial charge on any atom is 0.202 e. The summed E-state index contributed by atoms with van der Waals surface area (Å²) >= 11 is 1.37. The number of rotatable bonds is 4. The lowest BCUT2D eigenvalue weighted by Crippen LogP contribution is -2.24. The third-order valence-corrected chi connectivity index (χ3v) is 6.71. The Hall–Kier alpha value is -4.37. The van der Waals surface area contributed by atoms with Crippen LogP contribution in [0.25, 0.3) is 27.8 Å². The maximum atomic E-state index is 6.25. The zero-order valence-corrected chi connectivity index (χ0v) is 19.1. The van der Waals surface area contributed by atoms with Gasteiger partial charge in [-0.25, -0.2) is 9.97 Å². The first-order valence-electron chi connectivity index (χ1n) is 11.0. The third kappa shape index (κ3) is 3.39. The Bertz CT molecular complexity index is 1680. The number of hydrogen-bond acceptors (Lipinski definition) is 8. The van der Waals surface area contributed by atoms with Crippen LogP contribution in [0, 0.1) is 0 Å². The lowest BCUT2D eigenvalue weighted by atomic mass is 10.2. The highest BCUT2D eigenvalue weighted by Gasteiger charge is 2.30. The Balaban J connectivity index is 1.33. The summed E-state index contributed by atoms with van der Waals surface area (Å²) in [6.45, 7) is 0.327. The van der Waals surface area contributed by atoms with Crippen molar-refractivity contribution in [3.05, 3.63) is 91.0 Å². The van der Waals surface area contributed by atoms with E-state index in [4.69, 9.17) is 13.9 Å². The number of furan rings is 1. The molecule has 0 saturated carbocycles. The Labute approximate surface area is 203 Å². The summed E-state index contributed by atoms with van der Waals surface area (Å²) in [6, 6.07) is 25.4. The summed E-state index contributed by atoms with van der Waals surface area (Å²) in [7, 11) is 0. The highest BCUT2D eigenvalue weighted by molar-refractivity contribution is 7.99. The molecule has 4 heterocycles. The molecule has 6 aromatic rings. The second-order valence-corrected chi connectivity index (χ2v) is 8.89. The Morgan fingerprint density at radius 1 is 0.829 bits per heavy atom. The van der Waals surface area contributed by atoms with E-state index >= 15 is 0 Å². The van der Waals surface area contributed by atoms with Gasteiger partial charge in [-0.1, -0.05) is 42.5 Å². The van der Waals surface area contributed by atoms with Crippen LogP contribution in [0.1, 0.15) is 11.9 Å². The summed E-state index contributed by atoms with van der Waals surface area (Å²) in [4.78, 5) is 8.96. The molecule has 1 aliphatic heterocycles. The van der Waals surface area contributed by atoms with Crippen LogP contribution in [0.2, 0.25) is 0 Å². The van der Waals surface area contributed by atoms with Crippen LogP contribution in [0.3, 0.4) is 0 Å². The average Bonchev–Trinajstić information content (AvgIpc) is 3.51. The molecule has 170 valence electrons. The number of aromatic nitrogens is 5. The fraction of sp³-hybridized carbons (Fsp3) is 0.0769. The molecule has 0 bridgehead atoms. The average molecular weight is 480 g/mol. The van der Waals surface area contributed by atoms with Gasteiger partial charge >= 0.3 is 0 Å². The van der Waals surface area contributed by atoms with Gasteiger partial charge in [0.15, 0.2) is 34.0 Å². The first kappa shape index (κ1) is 20.0. The minimum Gasteiger partial charge on any atom is -0.485 e. The van der Waals surface area contributed by atoms with Crippen molar-refractivity contribution in [3.8, 4) is 17.2 Å². The minimum atomic E-state index is -0.427. The molecule has 0 radical (unpaired) electrons. The van der Waals surface area contributed by atoms with Gasteiger partial charge in [0.2, 0.25) is 5.16 Å². The summed E-state index contributed by atoms with van der Waals surface area (Å²) < 4.78 is 20.3. The van der Waals surface area contributed by atoms with Gasteiger partial charge in [0, 0.05) is 11.1 Å². The smallest absolute Gasteiger partial charge is 0.202 e. The third-order valence-electron chi connectivity index (χ3n) is 5.78. The van der Waals surface area contributed by atoms with Crippen molar-refractivity contribution >= 4 is 33.8 Å². The van der Waals surface area contributed by atoms with Crippen LogP contribution in [-0.2, 0) is 0 Å². The molecule has 9 heteroatoms. The van der Waals surface area contributed by atoms with E-state index in [0.717, 1.165) is 27.9 Å². The minimum absolute atomic E-state index is 0.327. The summed E-state index contributed by atoms with van der Waals surface area (Å²) in [5.74, 6) is 2.04. The fourth-order valence-corrected chi connectivity index (χ4v) is 5.06. The predicted octanol–water partition coefficient (Wildman–Crippen LogP) is 5.62. The number of ether oxygens (including phenoxy) is 2. The molecule has 0 aliphatic carbocycles. The lowest BCUT2D eigenvalue weighted by Gasteiger charge is -2.26. The van der Waals surface area contributed by atoms with E-state index in [1.54, 1.807) is 6.33 Å². The van der Waals surface area contributed by atoms with E-state index in [-0.39, 0.29) is 0 Å². The Morgan fingerprint density at radius 2 is 1.63 bits per heavy atom. The van der Waals surface area contributed by atoms with Gasteiger partial charge in [0.25, 0.3) is 0 Å². The molecule has 1 aliphatic rings. The van der Waals surface area contributed by atoms with Crippen LogP contribution in [0.15, 0.2) is 99.8 Å². The Kier molecular flexibility index (Phi) is 4.66. The van der Waals surface area contributed by atoms with Gasteiger partial charge in [0.05, 0.1) is 0 Å². The van der Waals surface area contributed by atoms with Crippen molar-refractivity contribution in [2.45, 2.75) is 16.3 Å². The van der Waals surface area contributed by atoms with Gasteiger partial charge in [-0.3, -0.25) is 4.57 Å². The molecule has 3 aromatic heterocycles. The molecule has 8 nitrogen and oxygen atoms in total. The topological polar surface area (TPSA) is 88.1 Å². The molecule has 3 aromatic carbocycles. The van der Waals surface area contributed by atoms with Crippen molar-refractivity contribution in [1.29, 1.82) is 0 Å². The van der Waals surface area contributed by atoms with E-state index in [2.05, 4.69) is 20.2 Å². The number of fused-ring (bicyclic) bond motifs is 4. The van der Waals surface area contributed by atoms with Gasteiger partial charge in [-0.15, -0.1) is 10.2 Å². The van der Waals surface area contributed by atoms with E-state index in [9.17, 15) is 0 Å². The molecule has 0 saturated heterocycles. The molecule has 35 heavy (non-hydrogen) atoms. The second-order valence-electron chi connectivity index (χ2n) is 7.93. The highest BCUT2D eigenvalue weighted by Crippen LogP contribution is 2.39. The van der Waals surface area contributed by atoms with Crippen molar-refractivity contribution in [3.63, 3.8) is 0 Å². The van der Waals surface area contributed by atoms with Gasteiger partial charge in [0.1, 0.15) is 24.0 Å². The molecule has 1 atom stereocenters. The van der Waals surface area contributed by atoms with Crippen molar-refractivity contribution in [1.82, 2.24) is 24.7 Å². The summed E-state index contributed by atoms with van der Waals surface area (Å²) in [6.07, 6.45) is 1.12. The zero-order valence-electron chi connectivity index (χ0n) is 18.2. The van der Waals surface area contributed by atoms with Crippen LogP contribution < -0.4 is 9.47 Å². The molecule has 0 fully saturated rings. The maximum absolute atomic E-state index is 6.25. The van der Waals surface area contributed by atoms with E-state index < -0.39 is 6.10 Å². The molecule has 0 N–H and O–H groups in total. The number of benzene rings is 3. The first-order chi connectivity index (χ1) is 17.3. The quantitative estimate of drug-likeness (QED) is 0.301. The number of para-hydroxylation sites is 4. The van der Waals surface area contributed by atoms with Gasteiger partial charge < -0.3 is 13.9 Å². The van der Waals surface area contributed by atoms with Gasteiger partial charge in [-0.2, -0.15) is 0 Å².